The van der Waals surface area contributed by atoms with Crippen molar-refractivity contribution in [3.05, 3.63) is 28.2 Å². The minimum Gasteiger partial charge on any atom is -1.00 e. The van der Waals surface area contributed by atoms with Crippen molar-refractivity contribution in [2.75, 3.05) is 45.9 Å². The van der Waals surface area contributed by atoms with Crippen molar-refractivity contribution in [2.24, 2.45) is 0 Å². The van der Waals surface area contributed by atoms with Crippen LogP contribution in [-0.4, -0.2) is 62.3 Å². The lowest BCUT2D eigenvalue weighted by atomic mass is 10.1. The molecule has 0 saturated carbocycles. The number of nitrogens with zero attached hydrogens (tertiary/aromatic N) is 1. The number of piperidine rings is 1. The number of ether oxygens (including phenoxy) is 2. The number of quaternary nitrogens is 1. The molecule has 1 aliphatic heterocycles. The highest BCUT2D eigenvalue weighted by molar-refractivity contribution is 6.35. The van der Waals surface area contributed by atoms with E-state index in [1.165, 1.54) is 32.1 Å². The second-order valence-electron chi connectivity index (χ2n) is 8.93. The lowest BCUT2D eigenvalue weighted by Crippen LogP contribution is -3.00. The first kappa shape index (κ1) is 31.0. The van der Waals surface area contributed by atoms with Crippen LogP contribution in [0.3, 0.4) is 0 Å². The van der Waals surface area contributed by atoms with Crippen LogP contribution in [0.5, 0.6) is 5.75 Å². The van der Waals surface area contributed by atoms with E-state index in [0.717, 1.165) is 38.8 Å². The highest BCUT2D eigenvalue weighted by Crippen LogP contribution is 2.27. The molecule has 1 heterocycles. The zero-order valence-corrected chi connectivity index (χ0v) is 23.4. The van der Waals surface area contributed by atoms with Gasteiger partial charge in [-0.1, -0.05) is 62.2 Å². The summed E-state index contributed by atoms with van der Waals surface area (Å²) in [5, 5.41) is 3.78. The number of unbranched alkanes of at least 4 members (excludes halogenated alkanes) is 5. The Labute approximate surface area is 225 Å². The van der Waals surface area contributed by atoms with Gasteiger partial charge >= 0.3 is 5.97 Å². The van der Waals surface area contributed by atoms with Gasteiger partial charge in [0.25, 0.3) is 5.91 Å². The molecule has 1 N–H and O–H groups in total. The molecule has 1 amide bonds. The molecule has 1 saturated heterocycles. The Bertz CT molecular complexity index is 746. The van der Waals surface area contributed by atoms with Crippen molar-refractivity contribution in [1.29, 1.82) is 0 Å². The first-order valence-corrected chi connectivity index (χ1v) is 13.0. The van der Waals surface area contributed by atoms with Crippen LogP contribution in [0.25, 0.3) is 0 Å². The molecule has 1 aromatic carbocycles. The molecular weight excluding hydrogens is 543 g/mol. The molecular formula is C25H39BrCl2N2O4. The van der Waals surface area contributed by atoms with Crippen LogP contribution in [0.15, 0.2) is 18.2 Å². The van der Waals surface area contributed by atoms with Crippen molar-refractivity contribution in [3.8, 4) is 5.75 Å². The SMILES string of the molecule is CCCCCCCCOC(=O)C[N+]1(CCNC(=O)COc2ccc(Cl)cc2Cl)CCCCC1.[Br-]. The molecule has 6 nitrogen and oxygen atoms in total. The Balaban J connectivity index is 0.00000578. The van der Waals surface area contributed by atoms with Crippen LogP contribution in [-0.2, 0) is 14.3 Å². The topological polar surface area (TPSA) is 64.6 Å². The molecule has 9 heteroatoms. The van der Waals surface area contributed by atoms with Crippen LogP contribution in [0.2, 0.25) is 10.0 Å². The smallest absolute Gasteiger partial charge is 0.361 e. The van der Waals surface area contributed by atoms with Crippen molar-refractivity contribution in [3.63, 3.8) is 0 Å². The molecule has 2 rings (SSSR count). The fourth-order valence-electron chi connectivity index (χ4n) is 4.25. The summed E-state index contributed by atoms with van der Waals surface area (Å²) in [5.74, 6) is 0.0724. The van der Waals surface area contributed by atoms with E-state index >= 15 is 0 Å². The molecule has 1 aliphatic rings. The van der Waals surface area contributed by atoms with Gasteiger partial charge < -0.3 is 36.3 Å². The first-order chi connectivity index (χ1) is 15.9. The molecule has 0 aromatic heterocycles. The Morgan fingerprint density at radius 2 is 1.74 bits per heavy atom. The van der Waals surface area contributed by atoms with Gasteiger partial charge in [0.05, 0.1) is 37.8 Å². The molecule has 0 radical (unpaired) electrons. The summed E-state index contributed by atoms with van der Waals surface area (Å²) in [5.41, 5.74) is 0. The quantitative estimate of drug-likeness (QED) is 0.196. The molecule has 0 bridgehead atoms. The Morgan fingerprint density at radius 1 is 1.03 bits per heavy atom. The van der Waals surface area contributed by atoms with Crippen LogP contribution >= 0.6 is 23.2 Å². The number of halogens is 3. The Kier molecular flexibility index (Phi) is 15.9. The van der Waals surface area contributed by atoms with Gasteiger partial charge in [-0.2, -0.15) is 0 Å². The standard InChI is InChI=1S/C25H38Cl2N2O4.BrH/c1-2-3-4-5-6-10-17-32-25(31)19-29(14-8-7-9-15-29)16-13-28-24(30)20-33-23-12-11-21(26)18-22(23)27;/h11-12,18H,2-10,13-17,19-20H2,1H3;1H. The average Bonchev–Trinajstić information content (AvgIpc) is 2.78. The zero-order chi connectivity index (χ0) is 23.9. The Morgan fingerprint density at radius 3 is 2.44 bits per heavy atom. The van der Waals surface area contributed by atoms with Gasteiger partial charge in [-0.25, -0.2) is 4.79 Å². The van der Waals surface area contributed by atoms with Crippen LogP contribution < -0.4 is 27.0 Å². The summed E-state index contributed by atoms with van der Waals surface area (Å²) < 4.78 is 11.7. The van der Waals surface area contributed by atoms with Crippen molar-refractivity contribution in [2.45, 2.75) is 64.7 Å². The molecule has 1 aromatic rings. The van der Waals surface area contributed by atoms with Gasteiger partial charge in [0.15, 0.2) is 13.2 Å². The molecule has 0 unspecified atom stereocenters. The van der Waals surface area contributed by atoms with Gasteiger partial charge in [-0.3, -0.25) is 4.79 Å². The largest absolute Gasteiger partial charge is 1.00 e. The van der Waals surface area contributed by atoms with Gasteiger partial charge in [0, 0.05) is 5.02 Å². The number of benzene rings is 1. The number of carbonyl (C=O) groups excluding carboxylic acids is 2. The van der Waals surface area contributed by atoms with Crippen LogP contribution in [0, 0.1) is 0 Å². The van der Waals surface area contributed by atoms with Crippen LogP contribution in [0.1, 0.15) is 64.7 Å². The maximum atomic E-state index is 12.5. The predicted octanol–water partition coefficient (Wildman–Crippen LogP) is 2.40. The van der Waals surface area contributed by atoms with Gasteiger partial charge in [0.2, 0.25) is 0 Å². The van der Waals surface area contributed by atoms with Crippen LogP contribution in [0.4, 0.5) is 0 Å². The molecule has 0 atom stereocenters. The fraction of sp³-hybridized carbons (Fsp3) is 0.680. The number of rotatable bonds is 15. The number of hydrogen-bond donors (Lipinski definition) is 1. The third-order valence-electron chi connectivity index (χ3n) is 6.15. The summed E-state index contributed by atoms with van der Waals surface area (Å²) >= 11 is 11.9. The van der Waals surface area contributed by atoms with Crippen molar-refractivity contribution < 1.29 is 40.5 Å². The number of carbonyl (C=O) groups is 2. The average molecular weight is 582 g/mol. The van der Waals surface area contributed by atoms with Crippen molar-refractivity contribution >= 4 is 35.1 Å². The predicted molar refractivity (Wildman–Crippen MR) is 133 cm³/mol. The normalized spacial score (nSPS) is 14.7. The third-order valence-corrected chi connectivity index (χ3v) is 6.68. The minimum absolute atomic E-state index is 0. The summed E-state index contributed by atoms with van der Waals surface area (Å²) in [7, 11) is 0. The maximum absolute atomic E-state index is 12.5. The van der Waals surface area contributed by atoms with E-state index < -0.39 is 0 Å². The highest BCUT2D eigenvalue weighted by Gasteiger charge is 2.33. The number of likely N-dealkylation sites (tertiary alicyclic amines) is 1. The molecule has 0 spiro atoms. The monoisotopic (exact) mass is 580 g/mol. The lowest BCUT2D eigenvalue weighted by molar-refractivity contribution is -0.924. The molecule has 0 aliphatic carbocycles. The number of amides is 1. The summed E-state index contributed by atoms with van der Waals surface area (Å²) in [6.07, 6.45) is 10.4. The second-order valence-corrected chi connectivity index (χ2v) is 9.78. The Hall–Kier alpha value is -1.02. The van der Waals surface area contributed by atoms with E-state index in [4.69, 9.17) is 32.7 Å². The maximum Gasteiger partial charge on any atom is 0.361 e. The molecule has 34 heavy (non-hydrogen) atoms. The van der Waals surface area contributed by atoms with Gasteiger partial charge in [0.1, 0.15) is 5.75 Å². The van der Waals surface area contributed by atoms with E-state index in [2.05, 4.69) is 12.2 Å². The fourth-order valence-corrected chi connectivity index (χ4v) is 4.71. The number of nitrogens with one attached hydrogen (secondary N) is 1. The lowest BCUT2D eigenvalue weighted by Gasteiger charge is -2.40. The second kappa shape index (κ2) is 17.4. The van der Waals surface area contributed by atoms with E-state index in [9.17, 15) is 9.59 Å². The van der Waals surface area contributed by atoms with Crippen molar-refractivity contribution in [1.82, 2.24) is 5.32 Å². The highest BCUT2D eigenvalue weighted by atomic mass is 79.9. The third kappa shape index (κ3) is 12.1. The van der Waals surface area contributed by atoms with E-state index in [0.29, 0.717) is 46.5 Å². The van der Waals surface area contributed by atoms with E-state index in [1.807, 2.05) is 0 Å². The van der Waals surface area contributed by atoms with E-state index in [1.54, 1.807) is 18.2 Å². The molecule has 194 valence electrons. The molecule has 1 fully saturated rings. The number of hydrogen-bond acceptors (Lipinski definition) is 4. The number of esters is 1. The zero-order valence-electron chi connectivity index (χ0n) is 20.3. The summed E-state index contributed by atoms with van der Waals surface area (Å²) in [6.45, 7) is 6.05. The summed E-state index contributed by atoms with van der Waals surface area (Å²) in [4.78, 5) is 24.7. The first-order valence-electron chi connectivity index (χ1n) is 12.3. The van der Waals surface area contributed by atoms with Gasteiger partial charge in [-0.15, -0.1) is 0 Å². The summed E-state index contributed by atoms with van der Waals surface area (Å²) in [6, 6.07) is 4.88. The van der Waals surface area contributed by atoms with E-state index in [-0.39, 0.29) is 35.5 Å². The minimum atomic E-state index is -0.221. The van der Waals surface area contributed by atoms with Gasteiger partial charge in [-0.05, 0) is 43.9 Å².